The van der Waals surface area contributed by atoms with Crippen LogP contribution in [0.3, 0.4) is 0 Å². The van der Waals surface area contributed by atoms with E-state index in [1.54, 1.807) is 23.0 Å². The van der Waals surface area contributed by atoms with Crippen LogP contribution in [-0.4, -0.2) is 10.3 Å². The molecule has 0 fully saturated rings. The lowest BCUT2D eigenvalue weighted by atomic mass is 9.93. The first-order chi connectivity index (χ1) is 11.6. The summed E-state index contributed by atoms with van der Waals surface area (Å²) in [5, 5.41) is 0. The molecule has 5 nitrogen and oxygen atoms in total. The van der Waals surface area contributed by atoms with Crippen molar-refractivity contribution in [2.24, 2.45) is 4.99 Å². The maximum atomic E-state index is 13.0. The normalized spacial score (nSPS) is 24.7. The van der Waals surface area contributed by atoms with Gasteiger partial charge in [-0.15, -0.1) is 0 Å². The minimum Gasteiger partial charge on any atom is -0.466 e. The van der Waals surface area contributed by atoms with E-state index in [0.717, 1.165) is 11.3 Å². The third-order valence-electron chi connectivity index (χ3n) is 4.48. The average Bonchev–Trinajstić information content (AvgIpc) is 3.16. The van der Waals surface area contributed by atoms with Gasteiger partial charge < -0.3 is 9.15 Å². The molecule has 2 aliphatic rings. The van der Waals surface area contributed by atoms with Gasteiger partial charge in [-0.2, -0.15) is 0 Å². The Morgan fingerprint density at radius 1 is 1.33 bits per heavy atom. The summed E-state index contributed by atoms with van der Waals surface area (Å²) in [6.07, 6.45) is 4.03. The zero-order chi connectivity index (χ0) is 16.3. The molecule has 0 aliphatic carbocycles. The van der Waals surface area contributed by atoms with Crippen molar-refractivity contribution in [3.63, 3.8) is 0 Å². The van der Waals surface area contributed by atoms with E-state index in [-0.39, 0.29) is 11.6 Å². The van der Waals surface area contributed by atoms with E-state index < -0.39 is 5.72 Å². The van der Waals surface area contributed by atoms with Crippen molar-refractivity contribution in [1.29, 1.82) is 0 Å². The highest BCUT2D eigenvalue weighted by Gasteiger charge is 2.42. The largest absolute Gasteiger partial charge is 0.466 e. The molecule has 4 heterocycles. The van der Waals surface area contributed by atoms with Crippen LogP contribution in [0.2, 0.25) is 0 Å². The summed E-state index contributed by atoms with van der Waals surface area (Å²) >= 11 is 1.38. The molecule has 2 aromatic heterocycles. The number of fused-ring (bicyclic) bond motifs is 6. The lowest BCUT2D eigenvalue weighted by Gasteiger charge is -2.39. The van der Waals surface area contributed by atoms with Gasteiger partial charge in [-0.3, -0.25) is 9.36 Å². The second-order valence-corrected chi connectivity index (χ2v) is 7.24. The minimum absolute atomic E-state index is 0.0288. The number of rotatable bonds is 1. The van der Waals surface area contributed by atoms with Crippen molar-refractivity contribution in [2.45, 2.75) is 25.1 Å². The molecule has 0 spiro atoms. The van der Waals surface area contributed by atoms with E-state index in [4.69, 9.17) is 14.1 Å². The molecular weight excluding hydrogens is 324 g/mol. The van der Waals surface area contributed by atoms with Crippen molar-refractivity contribution in [3.05, 3.63) is 73.7 Å². The second kappa shape index (κ2) is 4.70. The Balaban J connectivity index is 1.80. The fraction of sp³-hybridized carbons (Fsp3) is 0.222. The summed E-state index contributed by atoms with van der Waals surface area (Å²) in [5.74, 6) is 1.47. The first-order valence-electron chi connectivity index (χ1n) is 7.77. The highest BCUT2D eigenvalue weighted by Crippen LogP contribution is 2.42. The molecule has 0 radical (unpaired) electrons. The molecule has 2 unspecified atom stereocenters. The maximum absolute atomic E-state index is 13.0. The number of ether oxygens (including phenoxy) is 1. The van der Waals surface area contributed by atoms with Crippen LogP contribution in [0.5, 0.6) is 5.75 Å². The molecule has 2 atom stereocenters. The van der Waals surface area contributed by atoms with E-state index in [0.29, 0.717) is 21.5 Å². The summed E-state index contributed by atoms with van der Waals surface area (Å²) in [5.41, 5.74) is 0.382. The molecule has 0 N–H and O–H groups in total. The summed E-state index contributed by atoms with van der Waals surface area (Å²) in [6.45, 7) is 1.97. The van der Waals surface area contributed by atoms with Crippen molar-refractivity contribution in [3.8, 4) is 5.75 Å². The van der Waals surface area contributed by atoms with Gasteiger partial charge in [-0.1, -0.05) is 29.5 Å². The smallest absolute Gasteiger partial charge is 0.270 e. The third kappa shape index (κ3) is 1.93. The fourth-order valence-corrected chi connectivity index (χ4v) is 4.54. The molecule has 0 saturated heterocycles. The summed E-state index contributed by atoms with van der Waals surface area (Å²) in [4.78, 5) is 18.4. The number of nitrogens with zero attached hydrogens (tertiary/aromatic N) is 2. The molecule has 5 rings (SSSR count). The van der Waals surface area contributed by atoms with Crippen LogP contribution in [0.4, 0.5) is 0 Å². The number of benzene rings is 1. The maximum Gasteiger partial charge on any atom is 0.270 e. The van der Waals surface area contributed by atoms with Gasteiger partial charge in [0.15, 0.2) is 4.80 Å². The molecule has 3 aromatic rings. The Bertz CT molecular complexity index is 1110. The average molecular weight is 338 g/mol. The van der Waals surface area contributed by atoms with Gasteiger partial charge in [0.25, 0.3) is 5.56 Å². The Kier molecular flexibility index (Phi) is 2.71. The summed E-state index contributed by atoms with van der Waals surface area (Å²) < 4.78 is 13.8. The van der Waals surface area contributed by atoms with Gasteiger partial charge in [-0.05, 0) is 25.1 Å². The molecule has 1 aromatic carbocycles. The van der Waals surface area contributed by atoms with Gasteiger partial charge >= 0.3 is 0 Å². The van der Waals surface area contributed by atoms with Crippen LogP contribution in [0.1, 0.15) is 30.7 Å². The van der Waals surface area contributed by atoms with Crippen LogP contribution in [0, 0.1) is 0 Å². The predicted octanol–water partition coefficient (Wildman–Crippen LogP) is 2.05. The van der Waals surface area contributed by atoms with Gasteiger partial charge in [0.2, 0.25) is 5.72 Å². The minimum atomic E-state index is -0.627. The van der Waals surface area contributed by atoms with Crippen LogP contribution >= 0.6 is 11.3 Å². The quantitative estimate of drug-likeness (QED) is 0.682. The fourth-order valence-electron chi connectivity index (χ4n) is 3.44. The monoisotopic (exact) mass is 338 g/mol. The number of thiazole rings is 1. The van der Waals surface area contributed by atoms with Crippen molar-refractivity contribution < 1.29 is 9.15 Å². The Morgan fingerprint density at radius 2 is 2.21 bits per heavy atom. The number of para-hydroxylation sites is 1. The van der Waals surface area contributed by atoms with Crippen molar-refractivity contribution in [2.75, 3.05) is 0 Å². The number of hydrogen-bond donors (Lipinski definition) is 0. The summed E-state index contributed by atoms with van der Waals surface area (Å²) in [6, 6.07) is 11.5. The number of aromatic nitrogens is 1. The Morgan fingerprint density at radius 3 is 3.04 bits per heavy atom. The molecule has 0 amide bonds. The third-order valence-corrected chi connectivity index (χ3v) is 5.46. The molecule has 120 valence electrons. The molecule has 6 heteroatoms. The van der Waals surface area contributed by atoms with Gasteiger partial charge in [0.1, 0.15) is 11.5 Å². The van der Waals surface area contributed by atoms with Crippen molar-refractivity contribution >= 4 is 17.4 Å². The van der Waals surface area contributed by atoms with Gasteiger partial charge in [0, 0.05) is 18.1 Å². The number of furan rings is 1. The van der Waals surface area contributed by atoms with Crippen LogP contribution < -0.4 is 19.6 Å². The Labute approximate surface area is 141 Å². The number of hydrogen-bond acceptors (Lipinski definition) is 5. The van der Waals surface area contributed by atoms with Gasteiger partial charge in [0.05, 0.1) is 16.8 Å². The highest BCUT2D eigenvalue weighted by atomic mass is 32.1. The molecule has 2 bridgehead atoms. The zero-order valence-corrected chi connectivity index (χ0v) is 13.7. The van der Waals surface area contributed by atoms with E-state index in [1.807, 2.05) is 37.3 Å². The van der Waals surface area contributed by atoms with E-state index in [2.05, 4.69) is 0 Å². The first kappa shape index (κ1) is 13.8. The molecular formula is C18H14N2O3S. The van der Waals surface area contributed by atoms with Crippen LogP contribution in [0.25, 0.3) is 6.08 Å². The molecule has 2 aliphatic heterocycles. The lowest BCUT2D eigenvalue weighted by Crippen LogP contribution is -2.49. The predicted molar refractivity (Wildman–Crippen MR) is 89.9 cm³/mol. The lowest BCUT2D eigenvalue weighted by molar-refractivity contribution is 0.0410. The van der Waals surface area contributed by atoms with Crippen molar-refractivity contribution in [1.82, 2.24) is 4.57 Å². The van der Waals surface area contributed by atoms with E-state index >= 15 is 0 Å². The Hall–Kier alpha value is -2.60. The zero-order valence-electron chi connectivity index (χ0n) is 12.9. The van der Waals surface area contributed by atoms with Crippen LogP contribution in [-0.2, 0) is 0 Å². The van der Waals surface area contributed by atoms with Crippen LogP contribution in [0.15, 0.2) is 56.9 Å². The highest BCUT2D eigenvalue weighted by molar-refractivity contribution is 7.07. The summed E-state index contributed by atoms with van der Waals surface area (Å²) in [7, 11) is 0. The SMILES string of the molecule is CC12CC(c3ccccc3O1)n1c(s/c(=C\c3ccco3)c1=O)=N2. The first-order valence-corrected chi connectivity index (χ1v) is 8.59. The van der Waals surface area contributed by atoms with E-state index in [9.17, 15) is 4.79 Å². The van der Waals surface area contributed by atoms with Gasteiger partial charge in [-0.25, -0.2) is 4.99 Å². The molecule has 24 heavy (non-hydrogen) atoms. The topological polar surface area (TPSA) is 56.7 Å². The van der Waals surface area contributed by atoms with E-state index in [1.165, 1.54) is 11.3 Å². The standard InChI is InChI=1S/C18H14N2O3S/c1-18-10-13(12-6-2-3-7-14(12)23-18)20-16(21)15(24-17(20)19-18)9-11-5-4-8-22-11/h2-9,13H,10H2,1H3/b15-9-. The molecule has 0 saturated carbocycles. The second-order valence-electron chi connectivity index (χ2n) is 6.23.